The van der Waals surface area contributed by atoms with E-state index in [1.807, 2.05) is 20.1 Å². The van der Waals surface area contributed by atoms with Crippen molar-refractivity contribution in [2.45, 2.75) is 25.0 Å². The Labute approximate surface area is 65.3 Å². The highest BCUT2D eigenvalue weighted by Crippen LogP contribution is 2.16. The van der Waals surface area contributed by atoms with Crippen LogP contribution in [0.5, 0.6) is 0 Å². The van der Waals surface area contributed by atoms with Gasteiger partial charge in [0, 0.05) is 7.05 Å². The van der Waals surface area contributed by atoms with Crippen molar-refractivity contribution in [2.75, 3.05) is 13.3 Å². The Kier molecular flexibility index (Phi) is 3.59. The van der Waals surface area contributed by atoms with Crippen LogP contribution in [0.25, 0.3) is 0 Å². The summed E-state index contributed by atoms with van der Waals surface area (Å²) < 4.78 is 3.87. The second-order valence-electron chi connectivity index (χ2n) is 2.36. The monoisotopic (exact) mass is 158 g/mol. The fourth-order valence-electron chi connectivity index (χ4n) is 0.555. The van der Waals surface area contributed by atoms with Gasteiger partial charge >= 0.3 is 0 Å². The van der Waals surface area contributed by atoms with E-state index in [0.717, 1.165) is 6.42 Å². The minimum absolute atomic E-state index is 0.117. The quantitative estimate of drug-likeness (QED) is 0.603. The molecule has 0 N–H and O–H groups in total. The molecular formula is C7H14N2S. The van der Waals surface area contributed by atoms with Gasteiger partial charge in [0.25, 0.3) is 0 Å². The predicted octanol–water partition coefficient (Wildman–Crippen LogP) is 1.74. The van der Waals surface area contributed by atoms with Gasteiger partial charge in [-0.3, -0.25) is 4.36 Å². The molecule has 0 aliphatic heterocycles. The van der Waals surface area contributed by atoms with Crippen LogP contribution >= 0.6 is 0 Å². The summed E-state index contributed by atoms with van der Waals surface area (Å²) in [4.78, 5) is 0. The smallest absolute Gasteiger partial charge is 0.110 e. The van der Waals surface area contributed by atoms with Crippen molar-refractivity contribution in [3.8, 4) is 6.07 Å². The molecule has 0 rings (SSSR count). The molecule has 0 radical (unpaired) electrons. The second kappa shape index (κ2) is 3.72. The van der Waals surface area contributed by atoms with Gasteiger partial charge < -0.3 is 0 Å². The zero-order valence-electron chi connectivity index (χ0n) is 7.01. The predicted molar refractivity (Wildman–Crippen MR) is 46.0 cm³/mol. The first-order chi connectivity index (χ1) is 4.60. The lowest BCUT2D eigenvalue weighted by atomic mass is 10.1. The van der Waals surface area contributed by atoms with Crippen molar-refractivity contribution in [3.05, 3.63) is 0 Å². The third-order valence-electron chi connectivity index (χ3n) is 1.84. The third kappa shape index (κ3) is 1.81. The molecule has 10 heavy (non-hydrogen) atoms. The summed E-state index contributed by atoms with van der Waals surface area (Å²) in [7, 11) is 1.66. The van der Waals surface area contributed by atoms with Crippen LogP contribution in [-0.4, -0.2) is 18.1 Å². The zero-order valence-corrected chi connectivity index (χ0v) is 7.83. The normalized spacial score (nSPS) is 19.5. The van der Waals surface area contributed by atoms with Crippen LogP contribution in [0, 0.1) is 11.3 Å². The molecule has 0 aromatic heterocycles. The van der Waals surface area contributed by atoms with Crippen molar-refractivity contribution in [1.82, 2.24) is 0 Å². The van der Waals surface area contributed by atoms with Crippen LogP contribution in [-0.2, 0) is 10.7 Å². The van der Waals surface area contributed by atoms with Crippen molar-refractivity contribution < 1.29 is 0 Å². The SMILES string of the molecule is CCC(C)(C#N)S(C)=NC. The molecule has 0 aliphatic rings. The van der Waals surface area contributed by atoms with Gasteiger partial charge in [-0.05, 0) is 19.6 Å². The molecular weight excluding hydrogens is 144 g/mol. The van der Waals surface area contributed by atoms with Crippen molar-refractivity contribution in [2.24, 2.45) is 4.36 Å². The van der Waals surface area contributed by atoms with Crippen molar-refractivity contribution in [3.63, 3.8) is 0 Å². The first-order valence-corrected chi connectivity index (χ1v) is 4.87. The van der Waals surface area contributed by atoms with E-state index < -0.39 is 0 Å². The number of hydrogen-bond acceptors (Lipinski definition) is 2. The largest absolute Gasteiger partial charge is 0.267 e. The molecule has 3 heteroatoms. The maximum absolute atomic E-state index is 8.78. The highest BCUT2D eigenvalue weighted by atomic mass is 32.2. The van der Waals surface area contributed by atoms with Gasteiger partial charge in [-0.2, -0.15) is 5.26 Å². The summed E-state index contributed by atoms with van der Waals surface area (Å²) >= 11 is 0. The fourth-order valence-corrected chi connectivity index (χ4v) is 1.51. The van der Waals surface area contributed by atoms with Gasteiger partial charge in [-0.15, -0.1) is 0 Å². The summed E-state index contributed by atoms with van der Waals surface area (Å²) in [5.74, 6) is 0. The third-order valence-corrected chi connectivity index (χ3v) is 4.07. The van der Waals surface area contributed by atoms with Crippen LogP contribution in [0.15, 0.2) is 4.36 Å². The van der Waals surface area contributed by atoms with Crippen LogP contribution in [0.3, 0.4) is 0 Å². The van der Waals surface area contributed by atoms with E-state index >= 15 is 0 Å². The van der Waals surface area contributed by atoms with Gasteiger partial charge in [0.05, 0.1) is 6.07 Å². The van der Waals surface area contributed by atoms with Crippen molar-refractivity contribution in [1.29, 1.82) is 5.26 Å². The summed E-state index contributed by atoms with van der Waals surface area (Å²) in [5.41, 5.74) is 0. The molecule has 0 bridgehead atoms. The highest BCUT2D eigenvalue weighted by Gasteiger charge is 2.23. The summed E-state index contributed by atoms with van der Waals surface area (Å²) in [6.45, 7) is 3.99. The summed E-state index contributed by atoms with van der Waals surface area (Å²) in [5, 5.41) is 8.78. The van der Waals surface area contributed by atoms with E-state index in [9.17, 15) is 0 Å². The number of rotatable bonds is 2. The van der Waals surface area contributed by atoms with Crippen molar-refractivity contribution >= 4 is 10.7 Å². The molecule has 2 atom stereocenters. The van der Waals surface area contributed by atoms with Crippen LogP contribution in [0.1, 0.15) is 20.3 Å². The molecule has 2 unspecified atom stereocenters. The average Bonchev–Trinajstić information content (AvgIpc) is 2.01. The van der Waals surface area contributed by atoms with Crippen LogP contribution < -0.4 is 0 Å². The summed E-state index contributed by atoms with van der Waals surface area (Å²) in [6, 6.07) is 2.30. The minimum Gasteiger partial charge on any atom is -0.267 e. The molecule has 0 spiro atoms. The van der Waals surface area contributed by atoms with E-state index in [-0.39, 0.29) is 15.4 Å². The van der Waals surface area contributed by atoms with Gasteiger partial charge in [-0.1, -0.05) is 17.6 Å². The fraction of sp³-hybridized carbons (Fsp3) is 0.857. The minimum atomic E-state index is -0.241. The summed E-state index contributed by atoms with van der Waals surface area (Å²) in [6.07, 6.45) is 2.88. The molecule has 0 heterocycles. The molecule has 0 aliphatic carbocycles. The Hall–Kier alpha value is -0.360. The molecule has 0 aromatic carbocycles. The van der Waals surface area contributed by atoms with Crippen LogP contribution in [0.2, 0.25) is 0 Å². The van der Waals surface area contributed by atoms with Gasteiger partial charge in [0.2, 0.25) is 0 Å². The van der Waals surface area contributed by atoms with Gasteiger partial charge in [-0.25, -0.2) is 0 Å². The zero-order chi connectivity index (χ0) is 8.20. The van der Waals surface area contributed by atoms with E-state index in [0.29, 0.717) is 0 Å². The van der Waals surface area contributed by atoms with Gasteiger partial charge in [0.1, 0.15) is 4.75 Å². The first kappa shape index (κ1) is 9.64. The topological polar surface area (TPSA) is 36.1 Å². The first-order valence-electron chi connectivity index (χ1n) is 3.28. The molecule has 0 fully saturated rings. The molecule has 0 saturated carbocycles. The molecule has 0 saturated heterocycles. The van der Waals surface area contributed by atoms with Gasteiger partial charge in [0.15, 0.2) is 0 Å². The number of hydrogen-bond donors (Lipinski definition) is 0. The maximum atomic E-state index is 8.78. The van der Waals surface area contributed by atoms with E-state index in [2.05, 4.69) is 10.4 Å². The number of nitrogens with zero attached hydrogens (tertiary/aromatic N) is 2. The molecule has 2 nitrogen and oxygen atoms in total. The second-order valence-corrected chi connectivity index (χ2v) is 4.58. The average molecular weight is 158 g/mol. The lowest BCUT2D eigenvalue weighted by molar-refractivity contribution is 0.764. The van der Waals surface area contributed by atoms with E-state index in [1.165, 1.54) is 0 Å². The Morgan fingerprint density at radius 2 is 2.20 bits per heavy atom. The van der Waals surface area contributed by atoms with Crippen LogP contribution in [0.4, 0.5) is 0 Å². The Balaban J connectivity index is 4.53. The molecule has 0 amide bonds. The molecule has 0 aromatic rings. The lowest BCUT2D eigenvalue weighted by Crippen LogP contribution is -2.26. The standard InChI is InChI=1S/C7H14N2S/c1-5-7(2,6-8)10(4)9-3/h5H2,1-4H3. The number of nitriles is 1. The Morgan fingerprint density at radius 1 is 1.70 bits per heavy atom. The van der Waals surface area contributed by atoms with E-state index in [1.54, 1.807) is 7.05 Å². The Morgan fingerprint density at radius 3 is 2.30 bits per heavy atom. The Bertz CT molecular complexity index is 181. The molecule has 58 valence electrons. The van der Waals surface area contributed by atoms with E-state index in [4.69, 9.17) is 5.26 Å². The lowest BCUT2D eigenvalue weighted by Gasteiger charge is -2.19. The highest BCUT2D eigenvalue weighted by molar-refractivity contribution is 7.88. The maximum Gasteiger partial charge on any atom is 0.110 e.